The van der Waals surface area contributed by atoms with E-state index in [1.807, 2.05) is 49.5 Å². The number of amides is 1. The first-order chi connectivity index (χ1) is 19.9. The maximum atomic E-state index is 12.1. The fourth-order valence-electron chi connectivity index (χ4n) is 5.87. The van der Waals surface area contributed by atoms with E-state index in [1.165, 1.54) is 17.0 Å². The van der Waals surface area contributed by atoms with Gasteiger partial charge in [0.05, 0.1) is 43.8 Å². The molecule has 0 radical (unpaired) electrons. The van der Waals surface area contributed by atoms with Gasteiger partial charge in [0, 0.05) is 61.9 Å². The van der Waals surface area contributed by atoms with Crippen LogP contribution in [0, 0.1) is 13.8 Å². The van der Waals surface area contributed by atoms with Crippen LogP contribution >= 0.6 is 12.2 Å². The topological polar surface area (TPSA) is 83.9 Å². The van der Waals surface area contributed by atoms with Crippen molar-refractivity contribution in [1.82, 2.24) is 19.8 Å². The fraction of sp³-hybridized carbons (Fsp3) is 0.452. The Morgan fingerprint density at radius 3 is 2.68 bits per heavy atom. The molecule has 5 rings (SSSR count). The highest BCUT2D eigenvalue weighted by Gasteiger charge is 2.42. The number of ether oxygens (including phenoxy) is 2. The summed E-state index contributed by atoms with van der Waals surface area (Å²) >= 11 is 5.96. The molecule has 4 heterocycles. The summed E-state index contributed by atoms with van der Waals surface area (Å²) in [5.74, 6) is 0.518. The summed E-state index contributed by atoms with van der Waals surface area (Å²) in [6.45, 7) is 11.9. The Morgan fingerprint density at radius 2 is 1.98 bits per heavy atom. The molecule has 0 unspecified atom stereocenters. The Morgan fingerprint density at radius 1 is 1.17 bits per heavy atom. The Hall–Kier alpha value is -3.47. The predicted octanol–water partition coefficient (Wildman–Crippen LogP) is 4.76. The zero-order valence-electron chi connectivity index (χ0n) is 24.4. The summed E-state index contributed by atoms with van der Waals surface area (Å²) in [5, 5.41) is 7.11. The monoisotopic (exact) mass is 576 g/mol. The fourth-order valence-corrected chi connectivity index (χ4v) is 6.22. The molecule has 2 aliphatic heterocycles. The number of benzene rings is 1. The van der Waals surface area contributed by atoms with Gasteiger partial charge in [0.2, 0.25) is 5.91 Å². The number of pyridine rings is 1. The van der Waals surface area contributed by atoms with Crippen LogP contribution in [0.1, 0.15) is 54.5 Å². The van der Waals surface area contributed by atoms with Gasteiger partial charge in [-0.2, -0.15) is 0 Å². The third-order valence-electron chi connectivity index (χ3n) is 8.05. The minimum Gasteiger partial charge on any atom is -0.494 e. The number of carbonyl (C=O) groups excluding carboxylic acids is 1. The summed E-state index contributed by atoms with van der Waals surface area (Å²) < 4.78 is 13.6. The molecule has 41 heavy (non-hydrogen) atoms. The normalized spacial score (nSPS) is 19.3. The summed E-state index contributed by atoms with van der Waals surface area (Å²) in [6, 6.07) is 13.8. The van der Waals surface area contributed by atoms with Gasteiger partial charge in [0.25, 0.3) is 0 Å². The predicted molar refractivity (Wildman–Crippen MR) is 166 cm³/mol. The minimum atomic E-state index is -0.142. The first-order valence-electron chi connectivity index (χ1n) is 14.4. The molecule has 218 valence electrons. The molecule has 1 aromatic carbocycles. The quantitative estimate of drug-likeness (QED) is 0.335. The lowest BCUT2D eigenvalue weighted by Crippen LogP contribution is -2.37. The van der Waals surface area contributed by atoms with Gasteiger partial charge < -0.3 is 29.6 Å². The van der Waals surface area contributed by atoms with Gasteiger partial charge in [-0.25, -0.2) is 0 Å². The summed E-state index contributed by atoms with van der Waals surface area (Å²) in [4.78, 5) is 21.4. The van der Waals surface area contributed by atoms with Crippen molar-refractivity contribution in [3.8, 4) is 5.75 Å². The van der Waals surface area contributed by atoms with Crippen LogP contribution in [0.15, 0.2) is 48.7 Å². The van der Waals surface area contributed by atoms with Crippen molar-refractivity contribution in [3.63, 3.8) is 0 Å². The molecule has 0 saturated carbocycles. The Balaban J connectivity index is 1.49. The molecule has 0 spiro atoms. The molecule has 2 fully saturated rings. The Bertz CT molecular complexity index is 1370. The molecule has 2 atom stereocenters. The molecule has 10 heteroatoms. The van der Waals surface area contributed by atoms with Crippen LogP contribution in [0.3, 0.4) is 0 Å². The van der Waals surface area contributed by atoms with E-state index in [4.69, 9.17) is 26.7 Å². The third kappa shape index (κ3) is 6.24. The van der Waals surface area contributed by atoms with Crippen LogP contribution in [0.2, 0.25) is 0 Å². The van der Waals surface area contributed by atoms with Crippen LogP contribution in [0.5, 0.6) is 5.75 Å². The van der Waals surface area contributed by atoms with E-state index < -0.39 is 0 Å². The number of thiocarbonyl (C=S) groups is 1. The average molecular weight is 577 g/mol. The number of nitrogens with one attached hydrogen (secondary N) is 2. The summed E-state index contributed by atoms with van der Waals surface area (Å²) in [7, 11) is 1.61. The number of hydrogen-bond donors (Lipinski definition) is 2. The molecule has 1 amide bonds. The van der Waals surface area contributed by atoms with Crippen LogP contribution in [-0.4, -0.2) is 65.4 Å². The molecule has 2 saturated heterocycles. The van der Waals surface area contributed by atoms with Gasteiger partial charge in [-0.3, -0.25) is 14.7 Å². The maximum absolute atomic E-state index is 12.1. The van der Waals surface area contributed by atoms with Gasteiger partial charge in [-0.1, -0.05) is 13.0 Å². The molecule has 9 nitrogen and oxygen atoms in total. The van der Waals surface area contributed by atoms with Gasteiger partial charge in [-0.15, -0.1) is 0 Å². The van der Waals surface area contributed by atoms with Crippen molar-refractivity contribution < 1.29 is 14.3 Å². The van der Waals surface area contributed by atoms with E-state index in [1.54, 1.807) is 7.11 Å². The molecular weight excluding hydrogens is 536 g/mol. The first-order valence-corrected chi connectivity index (χ1v) is 14.8. The number of carbonyl (C=O) groups is 1. The highest BCUT2D eigenvalue weighted by atomic mass is 32.1. The number of morpholine rings is 1. The first kappa shape index (κ1) is 29.0. The van der Waals surface area contributed by atoms with Crippen molar-refractivity contribution in [3.05, 3.63) is 71.3 Å². The number of aromatic nitrogens is 2. The van der Waals surface area contributed by atoms with Crippen LogP contribution in [0.4, 0.5) is 11.4 Å². The number of rotatable bonds is 10. The van der Waals surface area contributed by atoms with Crippen molar-refractivity contribution >= 4 is 34.6 Å². The van der Waals surface area contributed by atoms with Crippen LogP contribution < -0.4 is 20.3 Å². The van der Waals surface area contributed by atoms with E-state index in [0.29, 0.717) is 23.0 Å². The smallest absolute Gasteiger partial charge is 0.224 e. The number of aryl methyl sites for hydroxylation is 1. The molecule has 3 aromatic rings. The zero-order chi connectivity index (χ0) is 28.9. The largest absolute Gasteiger partial charge is 0.494 e. The standard InChI is InChI=1S/C31H40N6O3S/c1-5-28(38)33-25-11-10-23(20-27(25)39-4)37-30(29(34-31(37)41)26-9-6-7-12-32-26)24-19-21(2)36(22(24)3)14-8-13-35-15-17-40-18-16-35/h6-7,9-12,19-20,29-30H,5,8,13-18H2,1-4H3,(H,33,38)(H,34,41)/t29-,30-/m1/s1. The second kappa shape index (κ2) is 13.0. The highest BCUT2D eigenvalue weighted by molar-refractivity contribution is 7.80. The van der Waals surface area contributed by atoms with Crippen molar-refractivity contribution in [2.45, 2.75) is 52.2 Å². The molecule has 2 aromatic heterocycles. The molecular formula is C31H40N6O3S. The van der Waals surface area contributed by atoms with E-state index in [-0.39, 0.29) is 18.0 Å². The summed E-state index contributed by atoms with van der Waals surface area (Å²) in [6.07, 6.45) is 3.29. The van der Waals surface area contributed by atoms with Gasteiger partial charge in [-0.05, 0) is 68.4 Å². The third-order valence-corrected chi connectivity index (χ3v) is 8.36. The molecule has 2 aliphatic rings. The lowest BCUT2D eigenvalue weighted by atomic mass is 9.96. The van der Waals surface area contributed by atoms with E-state index in [0.717, 1.165) is 57.2 Å². The highest BCUT2D eigenvalue weighted by Crippen LogP contribution is 2.44. The maximum Gasteiger partial charge on any atom is 0.224 e. The van der Waals surface area contributed by atoms with Crippen LogP contribution in [0.25, 0.3) is 0 Å². The summed E-state index contributed by atoms with van der Waals surface area (Å²) in [5.41, 5.74) is 6.11. The lowest BCUT2D eigenvalue weighted by Gasteiger charge is -2.29. The second-order valence-electron chi connectivity index (χ2n) is 10.6. The van der Waals surface area contributed by atoms with Crippen molar-refractivity contribution in [2.24, 2.45) is 0 Å². The van der Waals surface area contributed by atoms with E-state index >= 15 is 0 Å². The molecule has 2 N–H and O–H groups in total. The van der Waals surface area contributed by atoms with Gasteiger partial charge in [0.15, 0.2) is 5.11 Å². The average Bonchev–Trinajstić information content (AvgIpc) is 3.49. The molecule has 0 aliphatic carbocycles. The van der Waals surface area contributed by atoms with Crippen molar-refractivity contribution in [2.75, 3.05) is 50.2 Å². The van der Waals surface area contributed by atoms with Gasteiger partial charge in [0.1, 0.15) is 5.75 Å². The zero-order valence-corrected chi connectivity index (χ0v) is 25.2. The van der Waals surface area contributed by atoms with Gasteiger partial charge >= 0.3 is 0 Å². The number of methoxy groups -OCH3 is 1. The lowest BCUT2D eigenvalue weighted by molar-refractivity contribution is -0.115. The Labute approximate surface area is 247 Å². The van der Waals surface area contributed by atoms with E-state index in [2.05, 4.69) is 44.9 Å². The van der Waals surface area contributed by atoms with E-state index in [9.17, 15) is 4.79 Å². The van der Waals surface area contributed by atoms with Crippen molar-refractivity contribution in [1.29, 1.82) is 0 Å². The Kier molecular flexibility index (Phi) is 9.22. The van der Waals surface area contributed by atoms with Crippen LogP contribution in [-0.2, 0) is 16.1 Å². The number of hydrogen-bond acceptors (Lipinski definition) is 6. The molecule has 0 bridgehead atoms. The number of nitrogens with zero attached hydrogens (tertiary/aromatic N) is 4. The second-order valence-corrected chi connectivity index (χ2v) is 11.0. The minimum absolute atomic E-state index is 0.0661. The SMILES string of the molecule is CCC(=O)Nc1ccc(N2C(=S)N[C@H](c3ccccn3)[C@H]2c2cc(C)n(CCCN3CCOCC3)c2C)cc1OC. The number of anilines is 2.